The minimum atomic E-state index is -3.45. The maximum atomic E-state index is 11.7. The molecule has 0 aliphatic carbocycles. The minimum absolute atomic E-state index is 0.154. The quantitative estimate of drug-likeness (QED) is 0.865. The molecule has 0 fully saturated rings. The third-order valence-electron chi connectivity index (χ3n) is 2.17. The Hall–Kier alpha value is -1.18. The van der Waals surface area contributed by atoms with Gasteiger partial charge in [-0.15, -0.1) is 11.3 Å². The van der Waals surface area contributed by atoms with Crippen LogP contribution in [0.1, 0.15) is 10.4 Å². The molecule has 0 saturated carbocycles. The molecule has 0 saturated heterocycles. The Bertz CT molecular complexity index is 557. The smallest absolute Gasteiger partial charge is 0.244 e. The van der Waals surface area contributed by atoms with Crippen molar-refractivity contribution in [2.75, 3.05) is 0 Å². The predicted molar refractivity (Wildman–Crippen MR) is 61.7 cm³/mol. The van der Waals surface area contributed by atoms with Gasteiger partial charge in [0.2, 0.25) is 10.0 Å². The van der Waals surface area contributed by atoms with Crippen molar-refractivity contribution < 1.29 is 8.42 Å². The third-order valence-corrected chi connectivity index (χ3v) is 4.57. The first-order valence-corrected chi connectivity index (χ1v) is 6.97. The Balaban J connectivity index is 2.09. The van der Waals surface area contributed by atoms with Gasteiger partial charge in [0.25, 0.3) is 0 Å². The average molecular weight is 257 g/mol. The summed E-state index contributed by atoms with van der Waals surface area (Å²) in [6.07, 6.45) is 2.63. The lowest BCUT2D eigenvalue weighted by Crippen LogP contribution is -2.22. The number of thiophene rings is 1. The van der Waals surface area contributed by atoms with E-state index in [0.717, 1.165) is 10.4 Å². The molecule has 2 aromatic heterocycles. The zero-order chi connectivity index (χ0) is 11.6. The Morgan fingerprint density at radius 1 is 1.56 bits per heavy atom. The van der Waals surface area contributed by atoms with Gasteiger partial charge in [-0.05, 0) is 23.9 Å². The highest BCUT2D eigenvalue weighted by molar-refractivity contribution is 7.89. The fourth-order valence-corrected chi connectivity index (χ4v) is 3.05. The molecule has 7 heteroatoms. The molecule has 0 aliphatic rings. The van der Waals surface area contributed by atoms with Gasteiger partial charge in [-0.3, -0.25) is 5.10 Å². The second kappa shape index (κ2) is 4.36. The highest BCUT2D eigenvalue weighted by Crippen LogP contribution is 2.16. The second-order valence-electron chi connectivity index (χ2n) is 3.29. The zero-order valence-electron chi connectivity index (χ0n) is 8.60. The molecular weight excluding hydrogens is 246 g/mol. The average Bonchev–Trinajstić information content (AvgIpc) is 2.85. The van der Waals surface area contributed by atoms with E-state index in [1.54, 1.807) is 0 Å². The molecule has 5 nitrogen and oxygen atoms in total. The first-order valence-electron chi connectivity index (χ1n) is 4.61. The van der Waals surface area contributed by atoms with Crippen molar-refractivity contribution in [1.82, 2.24) is 14.9 Å². The molecular formula is C9H11N3O2S2. The van der Waals surface area contributed by atoms with E-state index in [0.29, 0.717) is 6.54 Å². The standard InChI is InChI=1S/C9H11N3O2S2/c1-7-2-3-15-9(7)6-12-16(13,14)8-4-10-11-5-8/h2-5,12H,6H2,1H3,(H,10,11). The Morgan fingerprint density at radius 2 is 2.38 bits per heavy atom. The topological polar surface area (TPSA) is 74.8 Å². The first-order chi connectivity index (χ1) is 7.59. The van der Waals surface area contributed by atoms with Crippen LogP contribution in [-0.2, 0) is 16.6 Å². The SMILES string of the molecule is Cc1ccsc1CNS(=O)(=O)c1cn[nH]c1. The van der Waals surface area contributed by atoms with Crippen molar-refractivity contribution >= 4 is 21.4 Å². The molecule has 0 aliphatic heterocycles. The number of hydrogen-bond donors (Lipinski definition) is 2. The molecule has 2 aromatic rings. The van der Waals surface area contributed by atoms with Crippen LogP contribution in [0, 0.1) is 6.92 Å². The molecule has 0 radical (unpaired) electrons. The first kappa shape index (κ1) is 11.3. The van der Waals surface area contributed by atoms with Gasteiger partial charge >= 0.3 is 0 Å². The summed E-state index contributed by atoms with van der Waals surface area (Å²) in [6, 6.07) is 1.96. The van der Waals surface area contributed by atoms with Gasteiger partial charge in [0, 0.05) is 17.6 Å². The molecule has 0 spiro atoms. The van der Waals surface area contributed by atoms with Crippen LogP contribution < -0.4 is 4.72 Å². The maximum Gasteiger partial charge on any atom is 0.244 e. The molecule has 0 atom stereocenters. The Morgan fingerprint density at radius 3 is 2.94 bits per heavy atom. The van der Waals surface area contributed by atoms with Crippen LogP contribution in [0.3, 0.4) is 0 Å². The fraction of sp³-hybridized carbons (Fsp3) is 0.222. The van der Waals surface area contributed by atoms with Crippen LogP contribution in [0.25, 0.3) is 0 Å². The van der Waals surface area contributed by atoms with E-state index < -0.39 is 10.0 Å². The summed E-state index contributed by atoms with van der Waals surface area (Å²) in [5.74, 6) is 0. The number of nitrogens with zero attached hydrogens (tertiary/aromatic N) is 1. The van der Waals surface area contributed by atoms with E-state index in [4.69, 9.17) is 0 Å². The maximum absolute atomic E-state index is 11.7. The van der Waals surface area contributed by atoms with Gasteiger partial charge in [-0.25, -0.2) is 13.1 Å². The van der Waals surface area contributed by atoms with Crippen LogP contribution in [0.5, 0.6) is 0 Å². The summed E-state index contributed by atoms with van der Waals surface area (Å²) in [6.45, 7) is 2.27. The molecule has 0 bridgehead atoms. The Labute approximate surface area is 97.6 Å². The molecule has 0 aromatic carbocycles. The van der Waals surface area contributed by atoms with Crippen LogP contribution in [-0.4, -0.2) is 18.6 Å². The fourth-order valence-electron chi connectivity index (χ4n) is 1.22. The van der Waals surface area contributed by atoms with E-state index >= 15 is 0 Å². The predicted octanol–water partition coefficient (Wildman–Crippen LogP) is 1.26. The normalized spacial score (nSPS) is 11.8. The van der Waals surface area contributed by atoms with Gasteiger partial charge in [-0.1, -0.05) is 0 Å². The van der Waals surface area contributed by atoms with Crippen molar-refractivity contribution in [2.24, 2.45) is 0 Å². The van der Waals surface area contributed by atoms with Crippen molar-refractivity contribution in [2.45, 2.75) is 18.4 Å². The van der Waals surface area contributed by atoms with Crippen molar-refractivity contribution in [1.29, 1.82) is 0 Å². The van der Waals surface area contributed by atoms with E-state index in [2.05, 4.69) is 14.9 Å². The Kier molecular flexibility index (Phi) is 3.08. The largest absolute Gasteiger partial charge is 0.284 e. The monoisotopic (exact) mass is 257 g/mol. The van der Waals surface area contributed by atoms with Crippen molar-refractivity contribution in [3.63, 3.8) is 0 Å². The lowest BCUT2D eigenvalue weighted by atomic mass is 10.3. The molecule has 0 unspecified atom stereocenters. The summed E-state index contributed by atoms with van der Waals surface area (Å²) in [5.41, 5.74) is 1.10. The van der Waals surface area contributed by atoms with E-state index in [-0.39, 0.29) is 4.90 Å². The molecule has 2 rings (SSSR count). The molecule has 2 heterocycles. The van der Waals surface area contributed by atoms with E-state index in [1.165, 1.54) is 23.7 Å². The summed E-state index contributed by atoms with van der Waals surface area (Å²) < 4.78 is 26.0. The number of aryl methyl sites for hydroxylation is 1. The highest BCUT2D eigenvalue weighted by Gasteiger charge is 2.15. The summed E-state index contributed by atoms with van der Waals surface area (Å²) in [4.78, 5) is 1.17. The number of sulfonamides is 1. The lowest BCUT2D eigenvalue weighted by Gasteiger charge is -2.03. The second-order valence-corrected chi connectivity index (χ2v) is 6.05. The van der Waals surface area contributed by atoms with Crippen LogP contribution >= 0.6 is 11.3 Å². The van der Waals surface area contributed by atoms with Gasteiger partial charge < -0.3 is 0 Å². The summed E-state index contributed by atoms with van der Waals surface area (Å²) >= 11 is 1.54. The lowest BCUT2D eigenvalue weighted by molar-refractivity contribution is 0.582. The number of hydrogen-bond acceptors (Lipinski definition) is 4. The van der Waals surface area contributed by atoms with Gasteiger partial charge in [0.05, 0.1) is 6.20 Å². The third kappa shape index (κ3) is 2.31. The minimum Gasteiger partial charge on any atom is -0.284 e. The van der Waals surface area contributed by atoms with Crippen molar-refractivity contribution in [3.8, 4) is 0 Å². The molecule has 86 valence electrons. The number of H-pyrrole nitrogens is 1. The van der Waals surface area contributed by atoms with Gasteiger partial charge in [0.1, 0.15) is 4.90 Å². The highest BCUT2D eigenvalue weighted by atomic mass is 32.2. The number of aromatic nitrogens is 2. The van der Waals surface area contributed by atoms with Crippen molar-refractivity contribution in [3.05, 3.63) is 34.3 Å². The number of nitrogens with one attached hydrogen (secondary N) is 2. The van der Waals surface area contributed by atoms with Crippen LogP contribution in [0.2, 0.25) is 0 Å². The van der Waals surface area contributed by atoms with Gasteiger partial charge in [0.15, 0.2) is 0 Å². The molecule has 0 amide bonds. The van der Waals surface area contributed by atoms with E-state index in [9.17, 15) is 8.42 Å². The summed E-state index contributed by atoms with van der Waals surface area (Å²) in [5, 5.41) is 8.02. The molecule has 16 heavy (non-hydrogen) atoms. The van der Waals surface area contributed by atoms with Crippen LogP contribution in [0.4, 0.5) is 0 Å². The van der Waals surface area contributed by atoms with E-state index in [1.807, 2.05) is 18.4 Å². The van der Waals surface area contributed by atoms with Crippen LogP contribution in [0.15, 0.2) is 28.7 Å². The zero-order valence-corrected chi connectivity index (χ0v) is 10.2. The number of rotatable bonds is 4. The molecule has 2 N–H and O–H groups in total. The number of aromatic amines is 1. The summed E-state index contributed by atoms with van der Waals surface area (Å²) in [7, 11) is -3.45. The van der Waals surface area contributed by atoms with Gasteiger partial charge in [-0.2, -0.15) is 5.10 Å².